The molecule has 2 N–H and O–H groups in total. The average Bonchev–Trinajstić information content (AvgIpc) is 3.44. The van der Waals surface area contributed by atoms with E-state index in [9.17, 15) is 19.2 Å². The third-order valence-corrected chi connectivity index (χ3v) is 8.49. The number of carbonyl (C=O) groups excluding carboxylic acids is 2. The smallest absolute Gasteiger partial charge is 0.310 e. The number of hydrogen-bond acceptors (Lipinski definition) is 6. The number of hydrogen-bond donors (Lipinski definition) is 2. The number of carboxylic acid groups (broad SMARTS) is 2. The van der Waals surface area contributed by atoms with Crippen LogP contribution in [-0.4, -0.2) is 46.3 Å². The van der Waals surface area contributed by atoms with Gasteiger partial charge in [-0.15, -0.1) is 0 Å². The first-order valence-corrected chi connectivity index (χ1v) is 12.7. The number of fused-ring (bicyclic) bond motifs is 4. The first kappa shape index (κ1) is 26.5. The zero-order valence-electron chi connectivity index (χ0n) is 21.1. The van der Waals surface area contributed by atoms with Gasteiger partial charge in [0, 0.05) is 0 Å². The summed E-state index contributed by atoms with van der Waals surface area (Å²) in [4.78, 5) is 46.6. The minimum absolute atomic E-state index is 0.0820. The molecule has 8 heteroatoms. The third kappa shape index (κ3) is 5.10. The largest absolute Gasteiger partial charge is 0.481 e. The van der Waals surface area contributed by atoms with Crippen molar-refractivity contribution in [1.82, 2.24) is 0 Å². The highest BCUT2D eigenvalue weighted by Gasteiger charge is 2.58. The highest BCUT2D eigenvalue weighted by Crippen LogP contribution is 2.56. The average molecular weight is 481 g/mol. The molecule has 4 fully saturated rings. The maximum Gasteiger partial charge on any atom is 0.310 e. The molecule has 4 bridgehead atoms. The minimum atomic E-state index is -0.934. The number of ether oxygens (including phenoxy) is 2. The van der Waals surface area contributed by atoms with Crippen molar-refractivity contribution in [3.63, 3.8) is 0 Å². The van der Waals surface area contributed by atoms with Crippen molar-refractivity contribution in [3.05, 3.63) is 0 Å². The van der Waals surface area contributed by atoms with Crippen LogP contribution in [0.2, 0.25) is 0 Å². The first-order valence-electron chi connectivity index (χ1n) is 12.7. The lowest BCUT2D eigenvalue weighted by molar-refractivity contribution is -0.168. The molecule has 4 aliphatic carbocycles. The normalized spacial score (nSPS) is 39.6. The van der Waals surface area contributed by atoms with E-state index in [-0.39, 0.29) is 59.7 Å². The van der Waals surface area contributed by atoms with E-state index < -0.39 is 23.8 Å². The van der Waals surface area contributed by atoms with Gasteiger partial charge in [-0.2, -0.15) is 0 Å². The molecule has 4 aliphatic rings. The second-order valence-corrected chi connectivity index (χ2v) is 11.5. The molecule has 4 saturated carbocycles. The van der Waals surface area contributed by atoms with Crippen LogP contribution in [0.3, 0.4) is 0 Å². The van der Waals surface area contributed by atoms with Gasteiger partial charge in [0.15, 0.2) is 0 Å². The second kappa shape index (κ2) is 10.2. The maximum atomic E-state index is 12.4. The van der Waals surface area contributed by atoms with Gasteiger partial charge in [0.25, 0.3) is 0 Å². The van der Waals surface area contributed by atoms with Gasteiger partial charge in [-0.1, -0.05) is 13.8 Å². The number of carboxylic acids is 2. The summed E-state index contributed by atoms with van der Waals surface area (Å²) in [6.07, 6.45) is 3.37. The van der Waals surface area contributed by atoms with Crippen molar-refractivity contribution >= 4 is 23.9 Å². The molecular weight excluding hydrogens is 440 g/mol. The third-order valence-electron chi connectivity index (χ3n) is 8.49. The maximum absolute atomic E-state index is 12.4. The Morgan fingerprint density at radius 2 is 1.00 bits per heavy atom. The van der Waals surface area contributed by atoms with Gasteiger partial charge >= 0.3 is 23.9 Å². The summed E-state index contributed by atoms with van der Waals surface area (Å²) in [5, 5.41) is 18.0. The number of aliphatic carboxylic acids is 2. The summed E-state index contributed by atoms with van der Waals surface area (Å²) in [6.45, 7) is 11.6. The van der Waals surface area contributed by atoms with E-state index >= 15 is 0 Å². The van der Waals surface area contributed by atoms with Gasteiger partial charge in [-0.05, 0) is 88.9 Å². The summed E-state index contributed by atoms with van der Waals surface area (Å²) >= 11 is 0. The van der Waals surface area contributed by atoms with E-state index in [0.717, 1.165) is 25.7 Å². The highest BCUT2D eigenvalue weighted by molar-refractivity contribution is 5.84. The van der Waals surface area contributed by atoms with Gasteiger partial charge in [0.05, 0.1) is 35.9 Å². The van der Waals surface area contributed by atoms with Crippen molar-refractivity contribution < 1.29 is 38.9 Å². The molecular formula is C26H40O8. The fourth-order valence-electron chi connectivity index (χ4n) is 7.34. The standard InChI is InChI=1S/C16H26O4.C10H14O4/c1-8(2)19-15(17)13-11-6-10(5)12(7-11)14(13)16(18)20-9(3)4;1-4-2-5-3-6(4)8(10(13)14)7(5)9(11)12/h8-14H,6-7H2,1-5H3;4-8H,2-3H2,1H3,(H,11,12)(H,13,14). The molecule has 8 nitrogen and oxygen atoms in total. The lowest BCUT2D eigenvalue weighted by Crippen LogP contribution is -2.40. The summed E-state index contributed by atoms with van der Waals surface area (Å²) in [6, 6.07) is 0. The van der Waals surface area contributed by atoms with E-state index in [1.165, 1.54) is 0 Å². The Morgan fingerprint density at radius 3 is 1.41 bits per heavy atom. The van der Waals surface area contributed by atoms with Crippen LogP contribution in [0.4, 0.5) is 0 Å². The number of carbonyl (C=O) groups is 4. The molecule has 0 aliphatic heterocycles. The van der Waals surface area contributed by atoms with Crippen LogP contribution >= 0.6 is 0 Å². The number of rotatable bonds is 6. The fourth-order valence-corrected chi connectivity index (χ4v) is 7.34. The van der Waals surface area contributed by atoms with Crippen LogP contribution in [0.15, 0.2) is 0 Å². The van der Waals surface area contributed by atoms with Crippen LogP contribution in [-0.2, 0) is 28.7 Å². The molecule has 0 amide bonds. The highest BCUT2D eigenvalue weighted by atomic mass is 16.6. The van der Waals surface area contributed by atoms with Crippen molar-refractivity contribution in [2.75, 3.05) is 0 Å². The molecule has 192 valence electrons. The van der Waals surface area contributed by atoms with Gasteiger partial charge in [-0.3, -0.25) is 19.2 Å². The Labute approximate surface area is 201 Å². The Hall–Kier alpha value is -2.12. The molecule has 0 heterocycles. The summed E-state index contributed by atoms with van der Waals surface area (Å²) in [5.74, 6) is -2.61. The van der Waals surface area contributed by atoms with E-state index in [1.807, 2.05) is 34.6 Å². The molecule has 4 rings (SSSR count). The minimum Gasteiger partial charge on any atom is -0.481 e. The lowest BCUT2D eigenvalue weighted by atomic mass is 9.74. The molecule has 34 heavy (non-hydrogen) atoms. The van der Waals surface area contributed by atoms with Crippen LogP contribution in [0.25, 0.3) is 0 Å². The Bertz CT molecular complexity index is 805. The van der Waals surface area contributed by atoms with Crippen LogP contribution < -0.4 is 0 Å². The molecule has 0 aromatic carbocycles. The molecule has 0 aromatic heterocycles. The van der Waals surface area contributed by atoms with Crippen molar-refractivity contribution in [2.45, 2.75) is 79.4 Å². The Morgan fingerprint density at radius 1 is 0.618 bits per heavy atom. The molecule has 10 unspecified atom stereocenters. The SMILES string of the molecule is CC(C)OC(=O)C1C2CC(C)C(C2)C1C(=O)OC(C)C.CC1CC2CC1C(C(=O)O)C2C(=O)O. The van der Waals surface area contributed by atoms with Crippen molar-refractivity contribution in [2.24, 2.45) is 59.2 Å². The lowest BCUT2D eigenvalue weighted by Gasteiger charge is -2.32. The van der Waals surface area contributed by atoms with Gasteiger partial charge in [0.2, 0.25) is 0 Å². The molecule has 0 radical (unpaired) electrons. The summed E-state index contributed by atoms with van der Waals surface area (Å²) in [7, 11) is 0. The Balaban J connectivity index is 0.000000202. The van der Waals surface area contributed by atoms with Crippen LogP contribution in [0.1, 0.15) is 67.2 Å². The quantitative estimate of drug-likeness (QED) is 0.549. The van der Waals surface area contributed by atoms with E-state index in [0.29, 0.717) is 11.8 Å². The monoisotopic (exact) mass is 480 g/mol. The van der Waals surface area contributed by atoms with E-state index in [4.69, 9.17) is 19.7 Å². The second-order valence-electron chi connectivity index (χ2n) is 11.5. The number of esters is 2. The van der Waals surface area contributed by atoms with Gasteiger partial charge in [-0.25, -0.2) is 0 Å². The van der Waals surface area contributed by atoms with Crippen LogP contribution in [0, 0.1) is 59.2 Å². The molecule has 0 saturated heterocycles. The van der Waals surface area contributed by atoms with E-state index in [2.05, 4.69) is 6.92 Å². The summed E-state index contributed by atoms with van der Waals surface area (Å²) in [5.41, 5.74) is 0. The molecule has 10 atom stereocenters. The zero-order valence-corrected chi connectivity index (χ0v) is 21.1. The van der Waals surface area contributed by atoms with Crippen molar-refractivity contribution in [1.29, 1.82) is 0 Å². The first-order chi connectivity index (χ1) is 15.8. The molecule has 0 spiro atoms. The predicted molar refractivity (Wildman–Crippen MR) is 122 cm³/mol. The zero-order chi connectivity index (χ0) is 25.5. The summed E-state index contributed by atoms with van der Waals surface area (Å²) < 4.78 is 10.7. The van der Waals surface area contributed by atoms with Crippen molar-refractivity contribution in [3.8, 4) is 0 Å². The topological polar surface area (TPSA) is 127 Å². The predicted octanol–water partition coefficient (Wildman–Crippen LogP) is 3.86. The molecule has 0 aromatic rings. The van der Waals surface area contributed by atoms with Crippen LogP contribution in [0.5, 0.6) is 0 Å². The van der Waals surface area contributed by atoms with Gasteiger partial charge in [0.1, 0.15) is 0 Å². The Kier molecular flexibility index (Phi) is 7.98. The van der Waals surface area contributed by atoms with Gasteiger partial charge < -0.3 is 19.7 Å². The fraction of sp³-hybridized carbons (Fsp3) is 0.846. The van der Waals surface area contributed by atoms with E-state index in [1.54, 1.807) is 0 Å².